The highest BCUT2D eigenvalue weighted by Crippen LogP contribution is 2.26. The lowest BCUT2D eigenvalue weighted by atomic mass is 10.2. The Morgan fingerprint density at radius 1 is 1.53 bits per heavy atom. The highest BCUT2D eigenvalue weighted by Gasteiger charge is 2.29. The van der Waals surface area contributed by atoms with Crippen LogP contribution in [0.1, 0.15) is 33.1 Å². The van der Waals surface area contributed by atoms with Crippen LogP contribution in [-0.2, 0) is 4.79 Å². The summed E-state index contributed by atoms with van der Waals surface area (Å²) in [5.74, 6) is 0.596. The largest absolute Gasteiger partial charge is 0.393 e. The van der Waals surface area contributed by atoms with Crippen LogP contribution < -0.4 is 11.1 Å². The molecular weight excluding hydrogens is 234 g/mol. The zero-order valence-corrected chi connectivity index (χ0v) is 11.6. The first-order valence-corrected chi connectivity index (χ1v) is 6.69. The van der Waals surface area contributed by atoms with Crippen LogP contribution in [-0.4, -0.2) is 41.5 Å². The summed E-state index contributed by atoms with van der Waals surface area (Å²) in [7, 11) is 0. The molecule has 0 unspecified atom stereocenters. The molecule has 1 aliphatic carbocycles. The van der Waals surface area contributed by atoms with Gasteiger partial charge in [0, 0.05) is 25.6 Å². The Morgan fingerprint density at radius 2 is 2.18 bits per heavy atom. The molecule has 1 saturated carbocycles. The predicted octanol–water partition coefficient (Wildman–Crippen LogP) is 0.899. The quantitative estimate of drug-likeness (QED) is 0.634. The normalized spacial score (nSPS) is 15.3. The van der Waals surface area contributed by atoms with Crippen molar-refractivity contribution in [2.45, 2.75) is 39.2 Å². The van der Waals surface area contributed by atoms with E-state index >= 15 is 0 Å². The number of carbonyl (C=O) groups excluding carboxylic acids is 1. The summed E-state index contributed by atoms with van der Waals surface area (Å²) in [6.45, 7) is 6.19. The molecule has 0 spiro atoms. The van der Waals surface area contributed by atoms with Crippen LogP contribution in [0, 0.1) is 5.92 Å². The van der Waals surface area contributed by atoms with Crippen molar-refractivity contribution in [1.82, 2.24) is 10.2 Å². The second-order valence-electron chi connectivity index (χ2n) is 5.12. The van der Waals surface area contributed by atoms with Crippen LogP contribution in [0.15, 0.2) is 0 Å². The molecule has 0 radical (unpaired) electrons. The zero-order valence-electron chi connectivity index (χ0n) is 10.7. The summed E-state index contributed by atoms with van der Waals surface area (Å²) < 4.78 is 0. The molecular formula is C12H23N3OS. The summed E-state index contributed by atoms with van der Waals surface area (Å²) in [5, 5.41) is 2.94. The molecule has 0 aromatic carbocycles. The first-order chi connectivity index (χ1) is 7.99. The van der Waals surface area contributed by atoms with Gasteiger partial charge in [0.2, 0.25) is 5.91 Å². The number of nitrogens with one attached hydrogen (secondary N) is 1. The molecule has 5 heteroatoms. The van der Waals surface area contributed by atoms with Crippen molar-refractivity contribution in [2.75, 3.05) is 19.6 Å². The van der Waals surface area contributed by atoms with Gasteiger partial charge in [-0.1, -0.05) is 26.1 Å². The molecule has 0 aromatic heterocycles. The minimum atomic E-state index is 0.105. The van der Waals surface area contributed by atoms with E-state index in [0.717, 1.165) is 13.1 Å². The van der Waals surface area contributed by atoms with Crippen LogP contribution in [0.2, 0.25) is 0 Å². The second kappa shape index (κ2) is 6.91. The minimum Gasteiger partial charge on any atom is -0.393 e. The van der Waals surface area contributed by atoms with Crippen molar-refractivity contribution in [3.63, 3.8) is 0 Å². The summed E-state index contributed by atoms with van der Waals surface area (Å²) in [5.41, 5.74) is 5.49. The zero-order chi connectivity index (χ0) is 12.8. The standard InChI is InChI=1S/C12H23N3OS/c1-9(2)7-14-12(16)8-15(10-3-4-10)6-5-11(13)17/h9-10H,3-8H2,1-2H3,(H2,13,17)(H,14,16). The monoisotopic (exact) mass is 257 g/mol. The summed E-state index contributed by atoms with van der Waals surface area (Å²) in [4.78, 5) is 14.4. The number of thiocarbonyl (C=S) groups is 1. The van der Waals surface area contributed by atoms with Crippen LogP contribution in [0.4, 0.5) is 0 Å². The maximum atomic E-state index is 11.7. The maximum Gasteiger partial charge on any atom is 0.234 e. The van der Waals surface area contributed by atoms with E-state index in [0.29, 0.717) is 29.9 Å². The number of nitrogens with zero attached hydrogens (tertiary/aromatic N) is 1. The van der Waals surface area contributed by atoms with Crippen molar-refractivity contribution < 1.29 is 4.79 Å². The lowest BCUT2D eigenvalue weighted by molar-refractivity contribution is -0.122. The van der Waals surface area contributed by atoms with Gasteiger partial charge in [-0.3, -0.25) is 9.69 Å². The second-order valence-corrected chi connectivity index (χ2v) is 5.64. The van der Waals surface area contributed by atoms with E-state index in [9.17, 15) is 4.79 Å². The van der Waals surface area contributed by atoms with Gasteiger partial charge in [-0.2, -0.15) is 0 Å². The molecule has 0 saturated heterocycles. The minimum absolute atomic E-state index is 0.105. The number of amides is 1. The average molecular weight is 257 g/mol. The fraction of sp³-hybridized carbons (Fsp3) is 0.833. The SMILES string of the molecule is CC(C)CNC(=O)CN(CCC(N)=S)C1CC1. The van der Waals surface area contributed by atoms with Crippen LogP contribution >= 0.6 is 12.2 Å². The van der Waals surface area contributed by atoms with Crippen molar-refractivity contribution in [2.24, 2.45) is 11.7 Å². The van der Waals surface area contributed by atoms with E-state index in [1.54, 1.807) is 0 Å². The van der Waals surface area contributed by atoms with E-state index in [4.69, 9.17) is 18.0 Å². The highest BCUT2D eigenvalue weighted by molar-refractivity contribution is 7.80. The Hall–Kier alpha value is -0.680. The van der Waals surface area contributed by atoms with Gasteiger partial charge in [-0.15, -0.1) is 0 Å². The predicted molar refractivity (Wildman–Crippen MR) is 73.8 cm³/mol. The molecule has 98 valence electrons. The Balaban J connectivity index is 2.28. The smallest absolute Gasteiger partial charge is 0.234 e. The molecule has 1 fully saturated rings. The van der Waals surface area contributed by atoms with E-state index < -0.39 is 0 Å². The van der Waals surface area contributed by atoms with Gasteiger partial charge < -0.3 is 11.1 Å². The Bertz CT molecular complexity index is 277. The van der Waals surface area contributed by atoms with E-state index in [1.165, 1.54) is 12.8 Å². The third-order valence-electron chi connectivity index (χ3n) is 2.76. The van der Waals surface area contributed by atoms with Crippen LogP contribution in [0.25, 0.3) is 0 Å². The summed E-state index contributed by atoms with van der Waals surface area (Å²) in [6, 6.07) is 0.564. The van der Waals surface area contributed by atoms with Gasteiger partial charge in [0.05, 0.1) is 11.5 Å². The third-order valence-corrected chi connectivity index (χ3v) is 2.97. The molecule has 0 heterocycles. The molecule has 0 bridgehead atoms. The molecule has 17 heavy (non-hydrogen) atoms. The summed E-state index contributed by atoms with van der Waals surface area (Å²) in [6.07, 6.45) is 3.08. The number of hydrogen-bond donors (Lipinski definition) is 2. The third kappa shape index (κ3) is 6.58. The van der Waals surface area contributed by atoms with Crippen molar-refractivity contribution in [3.05, 3.63) is 0 Å². The van der Waals surface area contributed by atoms with Crippen LogP contribution in [0.5, 0.6) is 0 Å². The van der Waals surface area contributed by atoms with Gasteiger partial charge in [-0.25, -0.2) is 0 Å². The molecule has 0 atom stereocenters. The highest BCUT2D eigenvalue weighted by atomic mass is 32.1. The fourth-order valence-corrected chi connectivity index (χ4v) is 1.73. The van der Waals surface area contributed by atoms with E-state index in [1.807, 2.05) is 0 Å². The van der Waals surface area contributed by atoms with Gasteiger partial charge in [0.1, 0.15) is 0 Å². The topological polar surface area (TPSA) is 58.4 Å². The number of carbonyl (C=O) groups is 1. The van der Waals surface area contributed by atoms with Gasteiger partial charge >= 0.3 is 0 Å². The van der Waals surface area contributed by atoms with Crippen molar-refractivity contribution in [1.29, 1.82) is 0 Å². The first kappa shape index (κ1) is 14.4. The Kier molecular flexibility index (Phi) is 5.85. The molecule has 1 amide bonds. The lowest BCUT2D eigenvalue weighted by Crippen LogP contribution is -2.40. The van der Waals surface area contributed by atoms with E-state index in [2.05, 4.69) is 24.1 Å². The Labute approximate surface area is 109 Å². The summed E-state index contributed by atoms with van der Waals surface area (Å²) >= 11 is 4.87. The molecule has 3 N–H and O–H groups in total. The molecule has 0 aliphatic heterocycles. The molecule has 1 aliphatic rings. The Morgan fingerprint density at radius 3 is 2.65 bits per heavy atom. The van der Waals surface area contributed by atoms with Crippen molar-refractivity contribution in [3.8, 4) is 0 Å². The fourth-order valence-electron chi connectivity index (χ4n) is 1.64. The molecule has 0 aromatic rings. The van der Waals surface area contributed by atoms with Crippen molar-refractivity contribution >= 4 is 23.1 Å². The van der Waals surface area contributed by atoms with Crippen LogP contribution in [0.3, 0.4) is 0 Å². The first-order valence-electron chi connectivity index (χ1n) is 6.28. The lowest BCUT2D eigenvalue weighted by Gasteiger charge is -2.21. The number of rotatable bonds is 8. The van der Waals surface area contributed by atoms with E-state index in [-0.39, 0.29) is 5.91 Å². The van der Waals surface area contributed by atoms with Gasteiger partial charge in [0.15, 0.2) is 0 Å². The maximum absolute atomic E-state index is 11.7. The van der Waals surface area contributed by atoms with Gasteiger partial charge in [0.25, 0.3) is 0 Å². The molecule has 1 rings (SSSR count). The molecule has 4 nitrogen and oxygen atoms in total. The number of nitrogens with two attached hydrogens (primary N) is 1. The van der Waals surface area contributed by atoms with Gasteiger partial charge in [-0.05, 0) is 18.8 Å². The average Bonchev–Trinajstić information content (AvgIpc) is 3.04. The number of hydrogen-bond acceptors (Lipinski definition) is 3.